The quantitative estimate of drug-likeness (QED) is 0.127. The van der Waals surface area contributed by atoms with E-state index in [2.05, 4.69) is 18.9 Å². The number of benzene rings is 2. The lowest BCUT2D eigenvalue weighted by Gasteiger charge is -2.09. The summed E-state index contributed by atoms with van der Waals surface area (Å²) in [7, 11) is 0. The van der Waals surface area contributed by atoms with Gasteiger partial charge in [-0.2, -0.15) is 4.89 Å². The second kappa shape index (κ2) is 8.43. The highest BCUT2D eigenvalue weighted by atomic mass is 17.2. The molecule has 134 valence electrons. The molecule has 0 saturated heterocycles. The molecule has 0 unspecified atom stereocenters. The summed E-state index contributed by atoms with van der Waals surface area (Å²) < 4.78 is 4.91. The van der Waals surface area contributed by atoms with E-state index < -0.39 is 17.5 Å². The highest BCUT2D eigenvalue weighted by molar-refractivity contribution is 6.12. The SMILES string of the molecule is C=C=C(O)Oc1ccc(C(=O)c2ccc(OOCC=C)cc2O)c(O)c1. The first-order valence-electron chi connectivity index (χ1n) is 7.34. The van der Waals surface area contributed by atoms with Gasteiger partial charge in [0.25, 0.3) is 0 Å². The van der Waals surface area contributed by atoms with Gasteiger partial charge in [0, 0.05) is 12.1 Å². The summed E-state index contributed by atoms with van der Waals surface area (Å²) in [6.07, 6.45) is 1.48. The van der Waals surface area contributed by atoms with Crippen molar-refractivity contribution in [1.82, 2.24) is 0 Å². The summed E-state index contributed by atoms with van der Waals surface area (Å²) in [5.74, 6) is -1.65. The monoisotopic (exact) mass is 356 g/mol. The Bertz CT molecular complexity index is 879. The van der Waals surface area contributed by atoms with Crippen LogP contribution in [-0.4, -0.2) is 27.7 Å². The van der Waals surface area contributed by atoms with Crippen LogP contribution in [0.1, 0.15) is 15.9 Å². The Morgan fingerprint density at radius 3 is 2.19 bits per heavy atom. The van der Waals surface area contributed by atoms with Crippen LogP contribution >= 0.6 is 0 Å². The first kappa shape index (κ1) is 18.7. The molecule has 0 radical (unpaired) electrons. The highest BCUT2D eigenvalue weighted by Gasteiger charge is 2.18. The van der Waals surface area contributed by atoms with Gasteiger partial charge >= 0.3 is 5.95 Å². The van der Waals surface area contributed by atoms with Crippen molar-refractivity contribution in [3.8, 4) is 23.0 Å². The van der Waals surface area contributed by atoms with E-state index in [4.69, 9.17) is 14.5 Å². The summed E-state index contributed by atoms with van der Waals surface area (Å²) >= 11 is 0. The molecule has 3 N–H and O–H groups in total. The Morgan fingerprint density at radius 1 is 1.08 bits per heavy atom. The maximum atomic E-state index is 12.5. The van der Waals surface area contributed by atoms with Gasteiger partial charge in [-0.15, -0.1) is 6.58 Å². The summed E-state index contributed by atoms with van der Waals surface area (Å²) in [4.78, 5) is 22.2. The molecule has 0 bridgehead atoms. The van der Waals surface area contributed by atoms with E-state index in [1.165, 1.54) is 36.4 Å². The van der Waals surface area contributed by atoms with E-state index in [9.17, 15) is 20.1 Å². The smallest absolute Gasteiger partial charge is 0.330 e. The molecule has 0 heterocycles. The molecule has 0 spiro atoms. The third kappa shape index (κ3) is 4.45. The van der Waals surface area contributed by atoms with Crippen LogP contribution in [-0.2, 0) is 4.89 Å². The Labute approximate surface area is 149 Å². The maximum Gasteiger partial charge on any atom is 0.330 e. The highest BCUT2D eigenvalue weighted by Crippen LogP contribution is 2.31. The molecule has 7 nitrogen and oxygen atoms in total. The zero-order chi connectivity index (χ0) is 19.1. The van der Waals surface area contributed by atoms with E-state index in [1.807, 2.05) is 0 Å². The summed E-state index contributed by atoms with van der Waals surface area (Å²) in [5.41, 5.74) is 2.01. The number of hydrogen-bond donors (Lipinski definition) is 3. The Balaban J connectivity index is 2.23. The molecule has 7 heteroatoms. The molecule has 0 amide bonds. The number of aromatic hydroxyl groups is 2. The van der Waals surface area contributed by atoms with Crippen LogP contribution in [0.15, 0.2) is 67.3 Å². The van der Waals surface area contributed by atoms with Crippen molar-refractivity contribution in [1.29, 1.82) is 0 Å². The number of aliphatic hydroxyl groups is 1. The van der Waals surface area contributed by atoms with Crippen molar-refractivity contribution in [2.75, 3.05) is 6.61 Å². The van der Waals surface area contributed by atoms with Gasteiger partial charge in [0.15, 0.2) is 11.5 Å². The van der Waals surface area contributed by atoms with Crippen molar-refractivity contribution in [3.05, 3.63) is 78.4 Å². The van der Waals surface area contributed by atoms with Gasteiger partial charge in [0.2, 0.25) is 0 Å². The minimum absolute atomic E-state index is 0.0427. The largest absolute Gasteiger partial charge is 0.507 e. The number of ether oxygens (including phenoxy) is 1. The van der Waals surface area contributed by atoms with Crippen LogP contribution in [0.25, 0.3) is 0 Å². The lowest BCUT2D eigenvalue weighted by atomic mass is 10.0. The van der Waals surface area contributed by atoms with Crippen molar-refractivity contribution in [3.63, 3.8) is 0 Å². The number of phenols is 2. The number of carbonyl (C=O) groups is 1. The molecular formula is C19H16O7. The molecule has 2 aromatic rings. The van der Waals surface area contributed by atoms with Crippen LogP contribution in [0.4, 0.5) is 0 Å². The summed E-state index contributed by atoms with van der Waals surface area (Å²) in [6, 6.07) is 7.76. The standard InChI is InChI=1S/C19H16O7/c1-3-9-24-26-13-6-8-15(17(21)11-13)19(23)14-7-5-12(10-16(14)20)25-18(22)4-2/h3,5-8,10-11,20-22H,1-2,9H2. The molecule has 0 saturated carbocycles. The molecule has 0 atom stereocenters. The van der Waals surface area contributed by atoms with E-state index >= 15 is 0 Å². The van der Waals surface area contributed by atoms with Crippen LogP contribution in [0.3, 0.4) is 0 Å². The summed E-state index contributed by atoms with van der Waals surface area (Å²) in [6.45, 7) is 6.81. The fourth-order valence-electron chi connectivity index (χ4n) is 1.97. The van der Waals surface area contributed by atoms with Gasteiger partial charge in [-0.05, 0) is 36.6 Å². The van der Waals surface area contributed by atoms with Crippen molar-refractivity contribution >= 4 is 5.78 Å². The molecular weight excluding hydrogens is 340 g/mol. The van der Waals surface area contributed by atoms with Gasteiger partial charge in [0.05, 0.1) is 11.1 Å². The third-order valence-electron chi connectivity index (χ3n) is 3.13. The van der Waals surface area contributed by atoms with Crippen molar-refractivity contribution < 1.29 is 34.6 Å². The number of ketones is 1. The predicted octanol–water partition coefficient (Wildman–Crippen LogP) is 3.39. The zero-order valence-electron chi connectivity index (χ0n) is 13.6. The summed E-state index contributed by atoms with van der Waals surface area (Å²) in [5, 5.41) is 29.3. The number of aliphatic hydroxyl groups excluding tert-OH is 1. The van der Waals surface area contributed by atoms with Crippen LogP contribution in [0, 0.1) is 0 Å². The molecule has 0 aromatic heterocycles. The minimum Gasteiger partial charge on any atom is -0.507 e. The number of carbonyl (C=O) groups excluding carboxylic acids is 1. The maximum absolute atomic E-state index is 12.5. The van der Waals surface area contributed by atoms with E-state index in [-0.39, 0.29) is 35.0 Å². The van der Waals surface area contributed by atoms with E-state index in [0.717, 1.165) is 6.07 Å². The van der Waals surface area contributed by atoms with Crippen molar-refractivity contribution in [2.45, 2.75) is 0 Å². The lowest BCUT2D eigenvalue weighted by molar-refractivity contribution is -0.195. The molecule has 0 aliphatic heterocycles. The average molecular weight is 356 g/mol. The van der Waals surface area contributed by atoms with E-state index in [0.29, 0.717) is 0 Å². The van der Waals surface area contributed by atoms with Crippen LogP contribution in [0.2, 0.25) is 0 Å². The fourth-order valence-corrected chi connectivity index (χ4v) is 1.97. The lowest BCUT2D eigenvalue weighted by Crippen LogP contribution is -2.03. The predicted molar refractivity (Wildman–Crippen MR) is 92.3 cm³/mol. The van der Waals surface area contributed by atoms with Gasteiger partial charge in [0.1, 0.15) is 23.9 Å². The molecule has 0 aliphatic carbocycles. The van der Waals surface area contributed by atoms with Gasteiger partial charge in [-0.3, -0.25) is 4.79 Å². The van der Waals surface area contributed by atoms with Gasteiger partial charge in [-0.25, -0.2) is 0 Å². The average Bonchev–Trinajstić information content (AvgIpc) is 2.61. The molecule has 0 fully saturated rings. The first-order valence-corrected chi connectivity index (χ1v) is 7.34. The second-order valence-electron chi connectivity index (χ2n) is 4.93. The first-order chi connectivity index (χ1) is 12.5. The number of rotatable bonds is 8. The van der Waals surface area contributed by atoms with Crippen LogP contribution in [0.5, 0.6) is 23.0 Å². The topological polar surface area (TPSA) is 105 Å². The normalized spacial score (nSPS) is 9.85. The zero-order valence-corrected chi connectivity index (χ0v) is 13.6. The Morgan fingerprint density at radius 2 is 1.65 bits per heavy atom. The number of phenolic OH excluding ortho intramolecular Hbond substituents is 2. The minimum atomic E-state index is -0.617. The Kier molecular flexibility index (Phi) is 6.06. The molecule has 2 aromatic carbocycles. The van der Waals surface area contributed by atoms with E-state index in [1.54, 1.807) is 0 Å². The van der Waals surface area contributed by atoms with Gasteiger partial charge < -0.3 is 24.9 Å². The van der Waals surface area contributed by atoms with Gasteiger partial charge in [-0.1, -0.05) is 6.08 Å². The fraction of sp³-hybridized carbons (Fsp3) is 0.0526. The van der Waals surface area contributed by atoms with Crippen molar-refractivity contribution in [2.24, 2.45) is 0 Å². The number of hydrogen-bond acceptors (Lipinski definition) is 7. The molecule has 2 rings (SSSR count). The molecule has 26 heavy (non-hydrogen) atoms. The third-order valence-corrected chi connectivity index (χ3v) is 3.13. The Hall–Kier alpha value is -3.67. The second-order valence-corrected chi connectivity index (χ2v) is 4.93. The van der Waals surface area contributed by atoms with Crippen LogP contribution < -0.4 is 9.62 Å². The molecule has 0 aliphatic rings.